The van der Waals surface area contributed by atoms with Gasteiger partial charge in [-0.15, -0.1) is 0 Å². The van der Waals surface area contributed by atoms with Crippen molar-refractivity contribution in [3.8, 4) is 5.75 Å². The Morgan fingerprint density at radius 3 is 2.11 bits per heavy atom. The number of aromatic hydroxyl groups is 1. The molecule has 2 aromatic carbocycles. The predicted octanol–water partition coefficient (Wildman–Crippen LogP) is 0.294. The molecule has 0 saturated carbocycles. The Hall–Kier alpha value is -3.75. The number of phenols is 1. The fourth-order valence-electron chi connectivity index (χ4n) is 5.25. The van der Waals surface area contributed by atoms with E-state index in [9.17, 15) is 29.1 Å². The molecule has 4 atom stereocenters. The first-order valence-electron chi connectivity index (χ1n) is 14.9. The molecule has 1 unspecified atom stereocenters. The molecule has 12 nitrogen and oxygen atoms in total. The van der Waals surface area contributed by atoms with E-state index in [2.05, 4.69) is 46.5 Å². The zero-order valence-corrected chi connectivity index (χ0v) is 28.2. The van der Waals surface area contributed by atoms with Crippen molar-refractivity contribution in [2.75, 3.05) is 6.54 Å². The third-order valence-corrected chi connectivity index (χ3v) is 8.38. The Labute approximate surface area is 280 Å². The maximum Gasteiger partial charge on any atom is 0.244 e. The second kappa shape index (κ2) is 14.8. The third kappa shape index (κ3) is 9.87. The largest absolute Gasteiger partial charge is 0.508 e. The molecule has 0 aliphatic heterocycles. The highest BCUT2D eigenvalue weighted by atomic mass is 32.1. The van der Waals surface area contributed by atoms with Gasteiger partial charge in [0.25, 0.3) is 0 Å². The van der Waals surface area contributed by atoms with E-state index in [0.717, 1.165) is 16.7 Å². The standard InChI is InChI=1S/C32H44N6O6S2/c1-30(2,45)24(26(33)41)37-27(42)22(14-18-8-6-5-7-9-18)36-23(40)17-35-28(43)25(31(3,4)46)38-29(44)32(34)13-12-19-15-21(39)11-10-20(19)16-32/h5-11,15,22,24-25,39,45-46H,12-14,16-17,34H2,1-4H3,(H2,33,41)(H,35,43)(H,36,40)(H,37,42)(H,38,44)/t22-,24-,25-,32?/m0/s1. The van der Waals surface area contributed by atoms with Crippen LogP contribution in [0.15, 0.2) is 48.5 Å². The number of hydrogen-bond donors (Lipinski definition) is 9. The van der Waals surface area contributed by atoms with Crippen LogP contribution in [-0.2, 0) is 43.2 Å². The van der Waals surface area contributed by atoms with Crippen LogP contribution in [0.2, 0.25) is 0 Å². The van der Waals surface area contributed by atoms with Crippen LogP contribution in [0.25, 0.3) is 0 Å². The number of nitrogens with two attached hydrogens (primary N) is 2. The Kier molecular flexibility index (Phi) is 11.8. The molecule has 0 heterocycles. The Bertz CT molecular complexity index is 1460. The summed E-state index contributed by atoms with van der Waals surface area (Å²) in [6.07, 6.45) is 1.07. The minimum Gasteiger partial charge on any atom is -0.508 e. The quantitative estimate of drug-likeness (QED) is 0.136. The first-order chi connectivity index (χ1) is 21.3. The Balaban J connectivity index is 1.69. The van der Waals surface area contributed by atoms with Crippen LogP contribution < -0.4 is 32.7 Å². The van der Waals surface area contributed by atoms with Crippen molar-refractivity contribution >= 4 is 54.8 Å². The molecular weight excluding hydrogens is 629 g/mol. The van der Waals surface area contributed by atoms with Crippen LogP contribution in [0.4, 0.5) is 0 Å². The number of nitrogens with one attached hydrogen (secondary N) is 4. The Morgan fingerprint density at radius 2 is 1.52 bits per heavy atom. The van der Waals surface area contributed by atoms with Gasteiger partial charge in [-0.3, -0.25) is 24.0 Å². The van der Waals surface area contributed by atoms with Gasteiger partial charge in [-0.25, -0.2) is 0 Å². The lowest BCUT2D eigenvalue weighted by atomic mass is 9.77. The van der Waals surface area contributed by atoms with Gasteiger partial charge in [0.15, 0.2) is 0 Å². The molecule has 250 valence electrons. The molecule has 5 amide bonds. The number of rotatable bonds is 13. The van der Waals surface area contributed by atoms with E-state index in [-0.39, 0.29) is 18.6 Å². The third-order valence-electron chi connectivity index (χ3n) is 7.87. The number of hydrogen-bond acceptors (Lipinski definition) is 9. The SMILES string of the molecule is CC(C)(S)[C@@H](NC(=O)[C@H](Cc1ccccc1)NC(=O)CNC(=O)[C@H](NC(=O)C1(N)CCc2cc(O)ccc2C1)C(C)(C)S)C(N)=O. The lowest BCUT2D eigenvalue weighted by Gasteiger charge is -2.37. The zero-order valence-electron chi connectivity index (χ0n) is 26.4. The average Bonchev–Trinajstić information content (AvgIpc) is 2.96. The van der Waals surface area contributed by atoms with Gasteiger partial charge in [0, 0.05) is 15.9 Å². The summed E-state index contributed by atoms with van der Waals surface area (Å²) in [4.78, 5) is 65.1. The minimum atomic E-state index is -1.30. The van der Waals surface area contributed by atoms with E-state index in [1.54, 1.807) is 64.1 Å². The number of carbonyl (C=O) groups excluding carboxylic acids is 5. The predicted molar refractivity (Wildman–Crippen MR) is 181 cm³/mol. The van der Waals surface area contributed by atoms with Gasteiger partial charge >= 0.3 is 0 Å². The fraction of sp³-hybridized carbons (Fsp3) is 0.469. The molecule has 1 aliphatic rings. The van der Waals surface area contributed by atoms with Crippen LogP contribution in [0.1, 0.15) is 50.8 Å². The van der Waals surface area contributed by atoms with Gasteiger partial charge in [-0.2, -0.15) is 25.3 Å². The maximum atomic E-state index is 13.4. The van der Waals surface area contributed by atoms with Crippen LogP contribution in [0.5, 0.6) is 5.75 Å². The molecule has 0 spiro atoms. The van der Waals surface area contributed by atoms with Crippen molar-refractivity contribution in [3.05, 3.63) is 65.2 Å². The van der Waals surface area contributed by atoms with Crippen molar-refractivity contribution in [2.24, 2.45) is 11.5 Å². The second-order valence-electron chi connectivity index (χ2n) is 12.9. The van der Waals surface area contributed by atoms with Crippen molar-refractivity contribution in [3.63, 3.8) is 0 Å². The number of amides is 5. The van der Waals surface area contributed by atoms with Crippen molar-refractivity contribution in [1.82, 2.24) is 21.3 Å². The highest BCUT2D eigenvalue weighted by molar-refractivity contribution is 7.82. The van der Waals surface area contributed by atoms with Crippen molar-refractivity contribution in [1.29, 1.82) is 0 Å². The Morgan fingerprint density at radius 1 is 0.891 bits per heavy atom. The van der Waals surface area contributed by atoms with E-state index in [0.29, 0.717) is 12.8 Å². The molecule has 1 aliphatic carbocycles. The van der Waals surface area contributed by atoms with Crippen LogP contribution in [0.3, 0.4) is 0 Å². The molecule has 46 heavy (non-hydrogen) atoms. The first-order valence-corrected chi connectivity index (χ1v) is 15.8. The molecule has 0 aromatic heterocycles. The second-order valence-corrected chi connectivity index (χ2v) is 15.2. The van der Waals surface area contributed by atoms with E-state index < -0.39 is 69.2 Å². The number of carbonyl (C=O) groups is 5. The number of benzene rings is 2. The summed E-state index contributed by atoms with van der Waals surface area (Å²) >= 11 is 8.90. The summed E-state index contributed by atoms with van der Waals surface area (Å²) in [5.41, 5.74) is 13.2. The number of thiol groups is 2. The van der Waals surface area contributed by atoms with Gasteiger partial charge < -0.3 is 37.8 Å². The lowest BCUT2D eigenvalue weighted by molar-refractivity contribution is -0.134. The number of aryl methyl sites for hydroxylation is 1. The molecule has 9 N–H and O–H groups in total. The zero-order chi connectivity index (χ0) is 34.4. The van der Waals surface area contributed by atoms with Gasteiger partial charge in [-0.1, -0.05) is 36.4 Å². The summed E-state index contributed by atoms with van der Waals surface area (Å²) in [7, 11) is 0. The van der Waals surface area contributed by atoms with Gasteiger partial charge in [0.1, 0.15) is 23.9 Å². The molecule has 3 rings (SSSR count). The molecule has 0 bridgehead atoms. The summed E-state index contributed by atoms with van der Waals surface area (Å²) in [5.74, 6) is -3.22. The van der Waals surface area contributed by atoms with Crippen LogP contribution >= 0.6 is 25.3 Å². The molecule has 0 radical (unpaired) electrons. The first kappa shape index (κ1) is 36.7. The molecule has 2 aromatic rings. The monoisotopic (exact) mass is 672 g/mol. The topological polar surface area (TPSA) is 206 Å². The average molecular weight is 673 g/mol. The highest BCUT2D eigenvalue weighted by Crippen LogP contribution is 2.30. The van der Waals surface area contributed by atoms with E-state index >= 15 is 0 Å². The fourth-order valence-corrected chi connectivity index (χ4v) is 5.62. The minimum absolute atomic E-state index is 0.0918. The van der Waals surface area contributed by atoms with Crippen molar-refractivity contribution < 1.29 is 29.1 Å². The molecule has 0 saturated heterocycles. The summed E-state index contributed by atoms with van der Waals surface area (Å²) in [6.45, 7) is 6.00. The van der Waals surface area contributed by atoms with E-state index in [1.807, 2.05) is 6.07 Å². The van der Waals surface area contributed by atoms with Gasteiger partial charge in [0.05, 0.1) is 12.1 Å². The molecule has 14 heteroatoms. The smallest absolute Gasteiger partial charge is 0.244 e. The van der Waals surface area contributed by atoms with Gasteiger partial charge in [-0.05, 0) is 75.8 Å². The summed E-state index contributed by atoms with van der Waals surface area (Å²) < 4.78 is -2.04. The number of phenolic OH excluding ortho intramolecular Hbond substituents is 1. The van der Waals surface area contributed by atoms with Crippen LogP contribution in [0, 0.1) is 0 Å². The highest BCUT2D eigenvalue weighted by Gasteiger charge is 2.42. The van der Waals surface area contributed by atoms with Crippen LogP contribution in [-0.4, -0.2) is 74.3 Å². The summed E-state index contributed by atoms with van der Waals surface area (Å²) in [6, 6.07) is 10.4. The summed E-state index contributed by atoms with van der Waals surface area (Å²) in [5, 5.41) is 20.2. The lowest BCUT2D eigenvalue weighted by Crippen LogP contribution is -2.64. The van der Waals surface area contributed by atoms with E-state index in [4.69, 9.17) is 11.5 Å². The molecular formula is C32H44N6O6S2. The number of primary amides is 1. The van der Waals surface area contributed by atoms with Gasteiger partial charge in [0.2, 0.25) is 29.5 Å². The normalized spacial score (nSPS) is 18.2. The molecule has 0 fully saturated rings. The number of fused-ring (bicyclic) bond motifs is 1. The van der Waals surface area contributed by atoms with E-state index in [1.165, 1.54) is 6.07 Å². The van der Waals surface area contributed by atoms with Crippen molar-refractivity contribution in [2.45, 2.75) is 86.5 Å². The maximum absolute atomic E-state index is 13.4.